The van der Waals surface area contributed by atoms with Crippen molar-refractivity contribution >= 4 is 11.0 Å². The van der Waals surface area contributed by atoms with E-state index in [9.17, 15) is 4.79 Å². The van der Waals surface area contributed by atoms with E-state index in [0.29, 0.717) is 11.3 Å². The number of H-pyrrole nitrogens is 1. The molecular formula is C13H18N2O2. The van der Waals surface area contributed by atoms with E-state index in [4.69, 9.17) is 4.74 Å². The fourth-order valence-corrected chi connectivity index (χ4v) is 1.15. The van der Waals surface area contributed by atoms with Gasteiger partial charge in [-0.15, -0.1) is 0 Å². The first kappa shape index (κ1) is 13.2. The standard InChI is InChI=1S/C9H8N2O2.C4H10/c1-13-6-2-3-7-8(4-6)11-9(12)5-10-7;1-3-4-2/h2-5H,1H3,(H,11,12);3-4H2,1-2H3. The van der Waals surface area contributed by atoms with Gasteiger partial charge in [-0.1, -0.05) is 26.7 Å². The highest BCUT2D eigenvalue weighted by Crippen LogP contribution is 2.15. The van der Waals surface area contributed by atoms with Crippen molar-refractivity contribution < 1.29 is 4.74 Å². The van der Waals surface area contributed by atoms with Crippen LogP contribution in [0.4, 0.5) is 0 Å². The average Bonchev–Trinajstić information content (AvgIpc) is 2.38. The lowest BCUT2D eigenvalue weighted by Gasteiger charge is -2.00. The summed E-state index contributed by atoms with van der Waals surface area (Å²) in [6, 6.07) is 5.33. The van der Waals surface area contributed by atoms with Crippen molar-refractivity contribution in [2.45, 2.75) is 26.7 Å². The first-order valence-electron chi connectivity index (χ1n) is 5.74. The first-order chi connectivity index (χ1) is 8.21. The van der Waals surface area contributed by atoms with Gasteiger partial charge in [0.25, 0.3) is 5.56 Å². The summed E-state index contributed by atoms with van der Waals surface area (Å²) in [6.07, 6.45) is 3.90. The van der Waals surface area contributed by atoms with E-state index < -0.39 is 0 Å². The summed E-state index contributed by atoms with van der Waals surface area (Å²) >= 11 is 0. The lowest BCUT2D eigenvalue weighted by Crippen LogP contribution is -2.04. The molecule has 2 aromatic rings. The molecule has 0 aliphatic carbocycles. The summed E-state index contributed by atoms with van der Waals surface area (Å²) in [5, 5.41) is 0. The van der Waals surface area contributed by atoms with Gasteiger partial charge in [-0.05, 0) is 12.1 Å². The van der Waals surface area contributed by atoms with Gasteiger partial charge in [-0.2, -0.15) is 0 Å². The molecule has 1 aromatic heterocycles. The SMILES string of the molecule is CCCC.COc1ccc2ncc(=O)[nH]c2c1. The van der Waals surface area contributed by atoms with Crippen LogP contribution in [0.2, 0.25) is 0 Å². The molecular weight excluding hydrogens is 216 g/mol. The van der Waals surface area contributed by atoms with E-state index in [1.54, 1.807) is 25.3 Å². The number of hydrogen-bond donors (Lipinski definition) is 1. The van der Waals surface area contributed by atoms with Gasteiger partial charge >= 0.3 is 0 Å². The van der Waals surface area contributed by atoms with Crippen LogP contribution in [0.25, 0.3) is 11.0 Å². The number of rotatable bonds is 2. The molecule has 1 aromatic carbocycles. The molecule has 0 unspecified atom stereocenters. The number of aromatic amines is 1. The lowest BCUT2D eigenvalue weighted by atomic mass is 10.3. The van der Waals surface area contributed by atoms with Crippen molar-refractivity contribution in [2.75, 3.05) is 7.11 Å². The zero-order valence-electron chi connectivity index (χ0n) is 10.5. The summed E-state index contributed by atoms with van der Waals surface area (Å²) in [7, 11) is 1.58. The molecule has 0 radical (unpaired) electrons. The Morgan fingerprint density at radius 2 is 2.00 bits per heavy atom. The van der Waals surface area contributed by atoms with Crippen molar-refractivity contribution in [3.8, 4) is 5.75 Å². The molecule has 1 N–H and O–H groups in total. The normalized spacial score (nSPS) is 9.59. The molecule has 92 valence electrons. The number of methoxy groups -OCH3 is 1. The predicted octanol–water partition coefficient (Wildman–Crippen LogP) is 2.74. The first-order valence-corrected chi connectivity index (χ1v) is 5.74. The van der Waals surface area contributed by atoms with E-state index in [2.05, 4.69) is 23.8 Å². The second kappa shape index (κ2) is 6.68. The van der Waals surface area contributed by atoms with Crippen molar-refractivity contribution in [1.82, 2.24) is 9.97 Å². The molecule has 0 aliphatic heterocycles. The van der Waals surface area contributed by atoms with Crippen LogP contribution in [0, 0.1) is 0 Å². The molecule has 0 amide bonds. The fraction of sp³-hybridized carbons (Fsp3) is 0.385. The van der Waals surface area contributed by atoms with Gasteiger partial charge < -0.3 is 9.72 Å². The summed E-state index contributed by atoms with van der Waals surface area (Å²) in [5.41, 5.74) is 1.23. The van der Waals surface area contributed by atoms with Gasteiger partial charge in [0.05, 0.1) is 24.3 Å². The van der Waals surface area contributed by atoms with Crippen LogP contribution in [0.3, 0.4) is 0 Å². The molecule has 4 nitrogen and oxygen atoms in total. The van der Waals surface area contributed by atoms with Crippen LogP contribution in [-0.4, -0.2) is 17.1 Å². The number of benzene rings is 1. The van der Waals surface area contributed by atoms with Crippen molar-refractivity contribution in [2.24, 2.45) is 0 Å². The van der Waals surface area contributed by atoms with Crippen LogP contribution < -0.4 is 10.3 Å². The third-order valence-corrected chi connectivity index (χ3v) is 2.28. The van der Waals surface area contributed by atoms with E-state index in [1.807, 2.05) is 0 Å². The molecule has 4 heteroatoms. The molecule has 0 atom stereocenters. The quantitative estimate of drug-likeness (QED) is 0.869. The number of ether oxygens (including phenoxy) is 1. The third kappa shape index (κ3) is 3.90. The Kier molecular flexibility index (Phi) is 5.20. The lowest BCUT2D eigenvalue weighted by molar-refractivity contribution is 0.415. The van der Waals surface area contributed by atoms with E-state index in [0.717, 1.165) is 5.52 Å². The van der Waals surface area contributed by atoms with Gasteiger partial charge in [0.15, 0.2) is 0 Å². The Labute approximate surface area is 101 Å². The van der Waals surface area contributed by atoms with Crippen molar-refractivity contribution in [1.29, 1.82) is 0 Å². The number of fused-ring (bicyclic) bond motifs is 1. The number of hydrogen-bond acceptors (Lipinski definition) is 3. The predicted molar refractivity (Wildman–Crippen MR) is 69.5 cm³/mol. The fourth-order valence-electron chi connectivity index (χ4n) is 1.15. The summed E-state index contributed by atoms with van der Waals surface area (Å²) in [4.78, 5) is 17.5. The molecule has 2 rings (SSSR count). The molecule has 0 saturated carbocycles. The minimum absolute atomic E-state index is 0.208. The Morgan fingerprint density at radius 1 is 1.29 bits per heavy atom. The van der Waals surface area contributed by atoms with E-state index >= 15 is 0 Å². The van der Waals surface area contributed by atoms with Crippen LogP contribution in [0.5, 0.6) is 5.75 Å². The zero-order chi connectivity index (χ0) is 12.7. The van der Waals surface area contributed by atoms with Crippen molar-refractivity contribution in [3.63, 3.8) is 0 Å². The van der Waals surface area contributed by atoms with Gasteiger partial charge in [-0.25, -0.2) is 4.98 Å². The molecule has 1 heterocycles. The largest absolute Gasteiger partial charge is 0.497 e. The van der Waals surface area contributed by atoms with Crippen molar-refractivity contribution in [3.05, 3.63) is 34.7 Å². The molecule has 0 fully saturated rings. The van der Waals surface area contributed by atoms with E-state index in [-0.39, 0.29) is 5.56 Å². The summed E-state index contributed by atoms with van der Waals surface area (Å²) in [6.45, 7) is 4.36. The molecule has 17 heavy (non-hydrogen) atoms. The molecule has 0 aliphatic rings. The Morgan fingerprint density at radius 3 is 2.59 bits per heavy atom. The van der Waals surface area contributed by atoms with Crippen LogP contribution in [-0.2, 0) is 0 Å². The van der Waals surface area contributed by atoms with Gasteiger partial charge in [0, 0.05) is 6.07 Å². The average molecular weight is 234 g/mol. The maximum absolute atomic E-state index is 10.9. The highest BCUT2D eigenvalue weighted by Gasteiger charge is 1.97. The number of nitrogens with zero attached hydrogens (tertiary/aromatic N) is 1. The number of unbranched alkanes of at least 4 members (excludes halogenated alkanes) is 1. The second-order valence-corrected chi connectivity index (χ2v) is 3.63. The summed E-state index contributed by atoms with van der Waals surface area (Å²) < 4.78 is 5.01. The Bertz CT molecular complexity index is 518. The summed E-state index contributed by atoms with van der Waals surface area (Å²) in [5.74, 6) is 0.705. The van der Waals surface area contributed by atoms with Crippen LogP contribution in [0.1, 0.15) is 26.7 Å². The van der Waals surface area contributed by atoms with Crippen LogP contribution in [0.15, 0.2) is 29.2 Å². The Balaban J connectivity index is 0.000000317. The minimum atomic E-state index is -0.208. The topological polar surface area (TPSA) is 55.0 Å². The minimum Gasteiger partial charge on any atom is -0.497 e. The smallest absolute Gasteiger partial charge is 0.266 e. The van der Waals surface area contributed by atoms with Gasteiger partial charge in [-0.3, -0.25) is 4.79 Å². The number of aromatic nitrogens is 2. The second-order valence-electron chi connectivity index (χ2n) is 3.63. The molecule has 0 spiro atoms. The van der Waals surface area contributed by atoms with E-state index in [1.165, 1.54) is 19.0 Å². The maximum atomic E-state index is 10.9. The van der Waals surface area contributed by atoms with Gasteiger partial charge in [0.1, 0.15) is 5.75 Å². The zero-order valence-corrected chi connectivity index (χ0v) is 10.5. The monoisotopic (exact) mass is 234 g/mol. The molecule has 0 saturated heterocycles. The molecule has 0 bridgehead atoms. The highest BCUT2D eigenvalue weighted by molar-refractivity contribution is 5.75. The number of nitrogens with one attached hydrogen (secondary N) is 1. The van der Waals surface area contributed by atoms with Crippen LogP contribution >= 0.6 is 0 Å². The third-order valence-electron chi connectivity index (χ3n) is 2.28. The maximum Gasteiger partial charge on any atom is 0.266 e. The highest BCUT2D eigenvalue weighted by atomic mass is 16.5. The van der Waals surface area contributed by atoms with Gasteiger partial charge in [0.2, 0.25) is 0 Å². The Hall–Kier alpha value is -1.84.